The molecule has 3 nitrogen and oxygen atoms in total. The second-order valence-corrected chi connectivity index (χ2v) is 6.37. The predicted octanol–water partition coefficient (Wildman–Crippen LogP) is 3.57. The maximum absolute atomic E-state index is 9.73. The molecule has 0 N–H and O–H groups in total. The van der Waals surface area contributed by atoms with Crippen molar-refractivity contribution in [2.75, 3.05) is 19.6 Å². The number of rotatable bonds is 5. The van der Waals surface area contributed by atoms with Gasteiger partial charge in [-0.25, -0.2) is 0 Å². The molecule has 1 aromatic heterocycles. The van der Waals surface area contributed by atoms with Gasteiger partial charge in [0.05, 0.1) is 11.5 Å². The van der Waals surface area contributed by atoms with Crippen LogP contribution in [-0.4, -0.2) is 29.5 Å². The largest absolute Gasteiger partial charge is 0.303 e. The number of piperidine rings is 1. The quantitative estimate of drug-likeness (QED) is 0.848. The SMILES string of the molecule is N#CC1(c2ccccc2)CCN(CCCc2cccnc2)CC1. The van der Waals surface area contributed by atoms with Crippen LogP contribution in [0.4, 0.5) is 0 Å². The van der Waals surface area contributed by atoms with E-state index in [9.17, 15) is 5.26 Å². The van der Waals surface area contributed by atoms with Crippen LogP contribution < -0.4 is 0 Å². The average Bonchev–Trinajstić information content (AvgIpc) is 2.64. The van der Waals surface area contributed by atoms with Crippen LogP contribution >= 0.6 is 0 Å². The summed E-state index contributed by atoms with van der Waals surface area (Å²) in [5.74, 6) is 0. The lowest BCUT2D eigenvalue weighted by atomic mass is 9.74. The van der Waals surface area contributed by atoms with Gasteiger partial charge in [-0.15, -0.1) is 0 Å². The summed E-state index contributed by atoms with van der Waals surface area (Å²) in [7, 11) is 0. The van der Waals surface area contributed by atoms with E-state index in [1.165, 1.54) is 11.1 Å². The van der Waals surface area contributed by atoms with Crippen molar-refractivity contribution < 1.29 is 0 Å². The zero-order valence-corrected chi connectivity index (χ0v) is 13.5. The lowest BCUT2D eigenvalue weighted by molar-refractivity contribution is 0.184. The monoisotopic (exact) mass is 305 g/mol. The number of hydrogen-bond donors (Lipinski definition) is 0. The first-order valence-corrected chi connectivity index (χ1v) is 8.40. The number of nitriles is 1. The Hall–Kier alpha value is -2.18. The topological polar surface area (TPSA) is 39.9 Å². The molecule has 0 radical (unpaired) electrons. The van der Waals surface area contributed by atoms with Gasteiger partial charge >= 0.3 is 0 Å². The lowest BCUT2D eigenvalue weighted by Gasteiger charge is -2.37. The first-order valence-electron chi connectivity index (χ1n) is 8.40. The number of aromatic nitrogens is 1. The van der Waals surface area contributed by atoms with Crippen molar-refractivity contribution in [2.45, 2.75) is 31.1 Å². The molecular weight excluding hydrogens is 282 g/mol. The van der Waals surface area contributed by atoms with E-state index in [0.717, 1.165) is 45.3 Å². The van der Waals surface area contributed by atoms with E-state index in [1.807, 2.05) is 36.7 Å². The molecule has 0 spiro atoms. The Morgan fingerprint density at radius 3 is 2.52 bits per heavy atom. The van der Waals surface area contributed by atoms with Gasteiger partial charge in [0, 0.05) is 12.4 Å². The molecule has 2 aromatic rings. The van der Waals surface area contributed by atoms with Gasteiger partial charge < -0.3 is 4.90 Å². The van der Waals surface area contributed by atoms with Crippen molar-refractivity contribution in [2.24, 2.45) is 0 Å². The third-order valence-electron chi connectivity index (χ3n) is 4.91. The molecule has 0 unspecified atom stereocenters. The average molecular weight is 305 g/mol. The van der Waals surface area contributed by atoms with Crippen LogP contribution in [0.15, 0.2) is 54.9 Å². The predicted molar refractivity (Wildman–Crippen MR) is 92.0 cm³/mol. The second kappa shape index (κ2) is 7.39. The molecule has 2 heterocycles. The van der Waals surface area contributed by atoms with Crippen LogP contribution in [0.5, 0.6) is 0 Å². The third kappa shape index (κ3) is 3.78. The lowest BCUT2D eigenvalue weighted by Crippen LogP contribution is -2.42. The van der Waals surface area contributed by atoms with E-state index >= 15 is 0 Å². The summed E-state index contributed by atoms with van der Waals surface area (Å²) in [4.78, 5) is 6.66. The fourth-order valence-corrected chi connectivity index (χ4v) is 3.43. The summed E-state index contributed by atoms with van der Waals surface area (Å²) >= 11 is 0. The number of hydrogen-bond acceptors (Lipinski definition) is 3. The van der Waals surface area contributed by atoms with Gasteiger partial charge in [-0.3, -0.25) is 4.98 Å². The summed E-state index contributed by atoms with van der Waals surface area (Å²) < 4.78 is 0. The molecule has 1 saturated heterocycles. The number of likely N-dealkylation sites (tertiary alicyclic amines) is 1. The number of nitrogens with zero attached hydrogens (tertiary/aromatic N) is 3. The van der Waals surface area contributed by atoms with E-state index in [1.54, 1.807) is 0 Å². The molecule has 0 amide bonds. The standard InChI is InChI=1S/C20H23N3/c21-17-20(19-8-2-1-3-9-19)10-14-23(15-11-20)13-5-7-18-6-4-12-22-16-18/h1-4,6,8-9,12,16H,5,7,10-11,13-15H2. The van der Waals surface area contributed by atoms with Gasteiger partial charge in [0.25, 0.3) is 0 Å². The van der Waals surface area contributed by atoms with Crippen molar-refractivity contribution >= 4 is 0 Å². The van der Waals surface area contributed by atoms with Gasteiger partial charge in [0.1, 0.15) is 0 Å². The smallest absolute Gasteiger partial charge is 0.0846 e. The summed E-state index contributed by atoms with van der Waals surface area (Å²) in [6, 6.07) is 17.0. The van der Waals surface area contributed by atoms with Crippen LogP contribution in [0.1, 0.15) is 30.4 Å². The van der Waals surface area contributed by atoms with Crippen LogP contribution in [0, 0.1) is 11.3 Å². The maximum Gasteiger partial charge on any atom is 0.0846 e. The minimum absolute atomic E-state index is 0.291. The Labute approximate surface area is 138 Å². The first-order chi connectivity index (χ1) is 11.3. The molecule has 0 bridgehead atoms. The molecule has 1 aliphatic heterocycles. The molecule has 1 aromatic carbocycles. The Bertz CT molecular complexity index is 638. The highest BCUT2D eigenvalue weighted by atomic mass is 15.1. The van der Waals surface area contributed by atoms with Gasteiger partial charge in [0.2, 0.25) is 0 Å². The van der Waals surface area contributed by atoms with E-state index in [2.05, 4.69) is 34.2 Å². The van der Waals surface area contributed by atoms with Crippen LogP contribution in [0.25, 0.3) is 0 Å². The molecule has 1 fully saturated rings. The number of pyridine rings is 1. The molecular formula is C20H23N3. The maximum atomic E-state index is 9.73. The number of benzene rings is 1. The van der Waals surface area contributed by atoms with Gasteiger partial charge in [-0.2, -0.15) is 5.26 Å². The van der Waals surface area contributed by atoms with Gasteiger partial charge in [-0.1, -0.05) is 36.4 Å². The van der Waals surface area contributed by atoms with Crippen LogP contribution in [0.2, 0.25) is 0 Å². The fourth-order valence-electron chi connectivity index (χ4n) is 3.43. The Morgan fingerprint density at radius 2 is 1.87 bits per heavy atom. The normalized spacial score (nSPS) is 17.5. The molecule has 0 saturated carbocycles. The van der Waals surface area contributed by atoms with E-state index in [-0.39, 0.29) is 5.41 Å². The van der Waals surface area contributed by atoms with Crippen molar-refractivity contribution in [3.05, 3.63) is 66.0 Å². The molecule has 0 atom stereocenters. The highest BCUT2D eigenvalue weighted by Crippen LogP contribution is 2.34. The third-order valence-corrected chi connectivity index (χ3v) is 4.91. The Kier molecular flexibility index (Phi) is 5.05. The van der Waals surface area contributed by atoms with E-state index in [4.69, 9.17) is 0 Å². The minimum atomic E-state index is -0.291. The summed E-state index contributed by atoms with van der Waals surface area (Å²) in [5.41, 5.74) is 2.19. The zero-order chi connectivity index (χ0) is 16.0. The highest BCUT2D eigenvalue weighted by Gasteiger charge is 2.36. The summed E-state index contributed by atoms with van der Waals surface area (Å²) in [6.45, 7) is 3.12. The molecule has 118 valence electrons. The fraction of sp³-hybridized carbons (Fsp3) is 0.400. The molecule has 3 heteroatoms. The van der Waals surface area contributed by atoms with Crippen LogP contribution in [-0.2, 0) is 11.8 Å². The van der Waals surface area contributed by atoms with Gasteiger partial charge in [-0.05, 0) is 62.5 Å². The molecule has 1 aliphatic rings. The minimum Gasteiger partial charge on any atom is -0.303 e. The Balaban J connectivity index is 1.51. The van der Waals surface area contributed by atoms with Crippen molar-refractivity contribution in [1.82, 2.24) is 9.88 Å². The van der Waals surface area contributed by atoms with Gasteiger partial charge in [0.15, 0.2) is 0 Å². The van der Waals surface area contributed by atoms with Crippen molar-refractivity contribution in [3.63, 3.8) is 0 Å². The molecule has 3 rings (SSSR count). The van der Waals surface area contributed by atoms with E-state index < -0.39 is 0 Å². The number of aryl methyl sites for hydroxylation is 1. The van der Waals surface area contributed by atoms with Crippen LogP contribution in [0.3, 0.4) is 0 Å². The molecule has 23 heavy (non-hydrogen) atoms. The first kappa shape index (κ1) is 15.7. The zero-order valence-electron chi connectivity index (χ0n) is 13.5. The summed E-state index contributed by atoms with van der Waals surface area (Å²) in [6.07, 6.45) is 7.86. The highest BCUT2D eigenvalue weighted by molar-refractivity contribution is 5.33. The second-order valence-electron chi connectivity index (χ2n) is 6.37. The van der Waals surface area contributed by atoms with Crippen molar-refractivity contribution in [3.8, 4) is 6.07 Å². The van der Waals surface area contributed by atoms with Crippen molar-refractivity contribution in [1.29, 1.82) is 5.26 Å². The summed E-state index contributed by atoms with van der Waals surface area (Å²) in [5, 5.41) is 9.73. The Morgan fingerprint density at radius 1 is 1.09 bits per heavy atom. The van der Waals surface area contributed by atoms with E-state index in [0.29, 0.717) is 0 Å². The molecule has 0 aliphatic carbocycles.